The number of fused-ring (bicyclic) bond motifs is 3. The third-order valence-electron chi connectivity index (χ3n) is 6.63. The van der Waals surface area contributed by atoms with Crippen molar-refractivity contribution in [1.82, 2.24) is 9.78 Å². The van der Waals surface area contributed by atoms with E-state index in [0.717, 1.165) is 42.6 Å². The summed E-state index contributed by atoms with van der Waals surface area (Å²) >= 11 is 0. The molecule has 1 saturated carbocycles. The van der Waals surface area contributed by atoms with Crippen LogP contribution in [0.5, 0.6) is 0 Å². The lowest BCUT2D eigenvalue weighted by molar-refractivity contribution is -0.160. The van der Waals surface area contributed by atoms with Gasteiger partial charge in [0.1, 0.15) is 11.4 Å². The van der Waals surface area contributed by atoms with Crippen LogP contribution < -0.4 is 0 Å². The molecule has 1 aromatic carbocycles. The van der Waals surface area contributed by atoms with Crippen LogP contribution in [0, 0.1) is 11.2 Å². The van der Waals surface area contributed by atoms with Crippen LogP contribution in [0.15, 0.2) is 48.2 Å². The van der Waals surface area contributed by atoms with Crippen molar-refractivity contribution in [3.8, 4) is 5.69 Å². The molecule has 27 heavy (non-hydrogen) atoms. The maximum Gasteiger partial charge on any atom is 0.334 e. The van der Waals surface area contributed by atoms with Gasteiger partial charge in [0, 0.05) is 17.4 Å². The van der Waals surface area contributed by atoms with E-state index in [1.807, 2.05) is 10.9 Å². The van der Waals surface area contributed by atoms with Crippen molar-refractivity contribution in [2.45, 2.75) is 44.6 Å². The molecule has 5 rings (SSSR count). The molecule has 4 nitrogen and oxygen atoms in total. The van der Waals surface area contributed by atoms with Gasteiger partial charge in [0.05, 0.1) is 17.6 Å². The third-order valence-corrected chi connectivity index (χ3v) is 6.63. The molecule has 5 heteroatoms. The van der Waals surface area contributed by atoms with Crippen LogP contribution in [0.1, 0.15) is 43.9 Å². The SMILES string of the molecule is C=C1C[C@]2(CCCC3=Cc4c(cnn4-c4ccc(F)cc4)C[C@@]32C)OC1=O. The molecule has 1 spiro atoms. The van der Waals surface area contributed by atoms with Gasteiger partial charge in [-0.25, -0.2) is 13.9 Å². The molecule has 1 aromatic heterocycles. The highest BCUT2D eigenvalue weighted by Gasteiger charge is 2.59. The van der Waals surface area contributed by atoms with Gasteiger partial charge in [0.15, 0.2) is 0 Å². The number of ether oxygens (including phenoxy) is 1. The van der Waals surface area contributed by atoms with Gasteiger partial charge < -0.3 is 4.74 Å². The van der Waals surface area contributed by atoms with Gasteiger partial charge in [0.2, 0.25) is 0 Å². The smallest absolute Gasteiger partial charge is 0.334 e. The number of hydrogen-bond donors (Lipinski definition) is 0. The number of nitrogens with zero attached hydrogens (tertiary/aromatic N) is 2. The van der Waals surface area contributed by atoms with Gasteiger partial charge in [0.25, 0.3) is 0 Å². The number of carbonyl (C=O) groups excluding carboxylic acids is 1. The number of halogens is 1. The summed E-state index contributed by atoms with van der Waals surface area (Å²) in [6, 6.07) is 6.37. The minimum absolute atomic E-state index is 0.246. The maximum absolute atomic E-state index is 13.3. The Balaban J connectivity index is 1.60. The minimum Gasteiger partial charge on any atom is -0.454 e. The molecule has 138 valence electrons. The number of aromatic nitrogens is 2. The van der Waals surface area contributed by atoms with Crippen molar-refractivity contribution >= 4 is 12.0 Å². The normalized spacial score (nSPS) is 29.3. The predicted octanol–water partition coefficient (Wildman–Crippen LogP) is 4.38. The second-order valence-corrected chi connectivity index (χ2v) is 8.14. The Morgan fingerprint density at radius 2 is 2.04 bits per heavy atom. The highest BCUT2D eigenvalue weighted by atomic mass is 19.1. The molecule has 2 heterocycles. The third kappa shape index (κ3) is 2.20. The zero-order valence-corrected chi connectivity index (χ0v) is 15.3. The lowest BCUT2D eigenvalue weighted by Gasteiger charge is -2.51. The van der Waals surface area contributed by atoms with Crippen LogP contribution in [0.3, 0.4) is 0 Å². The average Bonchev–Trinajstić information content (AvgIpc) is 3.16. The Morgan fingerprint density at radius 1 is 1.26 bits per heavy atom. The molecule has 1 aliphatic heterocycles. The van der Waals surface area contributed by atoms with Crippen molar-refractivity contribution in [2.24, 2.45) is 5.41 Å². The fourth-order valence-electron chi connectivity index (χ4n) is 5.08. The highest BCUT2D eigenvalue weighted by molar-refractivity contribution is 5.91. The molecule has 0 amide bonds. The first-order valence-corrected chi connectivity index (χ1v) is 9.37. The van der Waals surface area contributed by atoms with E-state index in [4.69, 9.17) is 4.74 Å². The van der Waals surface area contributed by atoms with E-state index in [-0.39, 0.29) is 17.2 Å². The monoisotopic (exact) mass is 364 g/mol. The summed E-state index contributed by atoms with van der Waals surface area (Å²) in [5.74, 6) is -0.520. The zero-order valence-electron chi connectivity index (χ0n) is 15.3. The van der Waals surface area contributed by atoms with E-state index >= 15 is 0 Å². The molecule has 2 atom stereocenters. The molecule has 0 N–H and O–H groups in total. The Morgan fingerprint density at radius 3 is 2.74 bits per heavy atom. The molecule has 3 aliphatic rings. The Labute approximate surface area is 157 Å². The Bertz CT molecular complexity index is 986. The molecular weight excluding hydrogens is 343 g/mol. The molecule has 1 saturated heterocycles. The number of carbonyl (C=O) groups is 1. The van der Waals surface area contributed by atoms with Gasteiger partial charge in [-0.1, -0.05) is 19.1 Å². The van der Waals surface area contributed by atoms with E-state index in [1.54, 1.807) is 12.1 Å². The summed E-state index contributed by atoms with van der Waals surface area (Å²) < 4.78 is 21.1. The largest absolute Gasteiger partial charge is 0.454 e. The lowest BCUT2D eigenvalue weighted by Crippen LogP contribution is -2.52. The van der Waals surface area contributed by atoms with Gasteiger partial charge in [-0.05, 0) is 61.6 Å². The van der Waals surface area contributed by atoms with E-state index in [2.05, 4.69) is 24.7 Å². The summed E-state index contributed by atoms with van der Waals surface area (Å²) in [5.41, 5.74) is 4.13. The quantitative estimate of drug-likeness (QED) is 0.557. The van der Waals surface area contributed by atoms with E-state index < -0.39 is 5.60 Å². The van der Waals surface area contributed by atoms with Crippen LogP contribution in [-0.2, 0) is 16.0 Å². The van der Waals surface area contributed by atoms with Crippen molar-refractivity contribution in [2.75, 3.05) is 0 Å². The van der Waals surface area contributed by atoms with Crippen LogP contribution >= 0.6 is 0 Å². The summed E-state index contributed by atoms with van der Waals surface area (Å²) in [7, 11) is 0. The molecule has 2 aromatic rings. The van der Waals surface area contributed by atoms with Crippen LogP contribution in [-0.4, -0.2) is 21.4 Å². The average molecular weight is 364 g/mol. The fourth-order valence-corrected chi connectivity index (χ4v) is 5.08. The first-order chi connectivity index (χ1) is 12.9. The topological polar surface area (TPSA) is 44.1 Å². The van der Waals surface area contributed by atoms with Crippen molar-refractivity contribution in [1.29, 1.82) is 0 Å². The van der Waals surface area contributed by atoms with E-state index in [9.17, 15) is 9.18 Å². The minimum atomic E-state index is -0.499. The first kappa shape index (κ1) is 16.5. The molecule has 2 fully saturated rings. The number of benzene rings is 1. The lowest BCUT2D eigenvalue weighted by atomic mass is 9.56. The predicted molar refractivity (Wildman–Crippen MR) is 99.7 cm³/mol. The van der Waals surface area contributed by atoms with E-state index in [0.29, 0.717) is 12.0 Å². The molecule has 0 radical (unpaired) electrons. The van der Waals surface area contributed by atoms with E-state index in [1.165, 1.54) is 17.7 Å². The van der Waals surface area contributed by atoms with Crippen LogP contribution in [0.25, 0.3) is 11.8 Å². The standard InChI is InChI=1S/C22H21FN2O2/c1-14-11-22(27-20(14)26)9-3-4-16-10-19-15(12-21(16,22)2)13-24-25(19)18-7-5-17(23)6-8-18/h5-8,10,13H,1,3-4,9,11-12H2,2H3/t21-,22-/m0/s1. The number of rotatable bonds is 1. The maximum atomic E-state index is 13.3. The summed E-state index contributed by atoms with van der Waals surface area (Å²) in [5, 5.41) is 4.56. The van der Waals surface area contributed by atoms with Crippen molar-refractivity contribution < 1.29 is 13.9 Å². The van der Waals surface area contributed by atoms with Crippen molar-refractivity contribution in [3.63, 3.8) is 0 Å². The Kier molecular flexibility index (Phi) is 3.30. The summed E-state index contributed by atoms with van der Waals surface area (Å²) in [4.78, 5) is 12.1. The second-order valence-electron chi connectivity index (χ2n) is 8.14. The molecule has 0 unspecified atom stereocenters. The molecular formula is C22H21FN2O2. The molecule has 0 bridgehead atoms. The number of hydrogen-bond acceptors (Lipinski definition) is 3. The Hall–Kier alpha value is -2.69. The zero-order chi connectivity index (χ0) is 18.8. The van der Waals surface area contributed by atoms with Crippen molar-refractivity contribution in [3.05, 3.63) is 65.3 Å². The molecule has 2 aliphatic carbocycles. The summed E-state index contributed by atoms with van der Waals surface area (Å²) in [6.45, 7) is 6.12. The fraction of sp³-hybridized carbons (Fsp3) is 0.364. The second kappa shape index (κ2) is 5.41. The first-order valence-electron chi connectivity index (χ1n) is 9.37. The highest BCUT2D eigenvalue weighted by Crippen LogP contribution is 2.58. The summed E-state index contributed by atoms with van der Waals surface area (Å²) in [6.07, 6.45) is 8.29. The van der Waals surface area contributed by atoms with Crippen LogP contribution in [0.4, 0.5) is 4.39 Å². The number of esters is 1. The van der Waals surface area contributed by atoms with Crippen LogP contribution in [0.2, 0.25) is 0 Å². The van der Waals surface area contributed by atoms with Gasteiger partial charge in [-0.15, -0.1) is 0 Å². The van der Waals surface area contributed by atoms with Gasteiger partial charge in [-0.3, -0.25) is 0 Å². The van der Waals surface area contributed by atoms with Gasteiger partial charge >= 0.3 is 5.97 Å². The van der Waals surface area contributed by atoms with Gasteiger partial charge in [-0.2, -0.15) is 5.10 Å².